The van der Waals surface area contributed by atoms with Crippen molar-refractivity contribution in [3.8, 4) is 11.1 Å². The van der Waals surface area contributed by atoms with E-state index in [1.807, 2.05) is 18.6 Å². The van der Waals surface area contributed by atoms with Crippen molar-refractivity contribution in [3.05, 3.63) is 40.8 Å². The molecule has 0 saturated heterocycles. The van der Waals surface area contributed by atoms with Crippen molar-refractivity contribution >= 4 is 45.2 Å². The first kappa shape index (κ1) is 31.8. The highest BCUT2D eigenvalue weighted by Gasteiger charge is 2.32. The van der Waals surface area contributed by atoms with Gasteiger partial charge in [-0.25, -0.2) is 22.7 Å². The normalized spacial score (nSPS) is 12.3. The van der Waals surface area contributed by atoms with Crippen LogP contribution in [-0.4, -0.2) is 60.5 Å². The van der Waals surface area contributed by atoms with E-state index < -0.39 is 52.3 Å². The van der Waals surface area contributed by atoms with Gasteiger partial charge in [0.25, 0.3) is 10.0 Å². The summed E-state index contributed by atoms with van der Waals surface area (Å²) in [6.07, 6.45) is -0.113. The van der Waals surface area contributed by atoms with Crippen molar-refractivity contribution in [1.82, 2.24) is 14.9 Å². The van der Waals surface area contributed by atoms with Gasteiger partial charge in [0.2, 0.25) is 5.91 Å². The van der Waals surface area contributed by atoms with Crippen molar-refractivity contribution in [2.45, 2.75) is 63.8 Å². The van der Waals surface area contributed by atoms with Gasteiger partial charge in [-0.05, 0) is 35.4 Å². The fourth-order valence-corrected chi connectivity index (χ4v) is 6.92. The average molecular weight is 582 g/mol. The molecule has 39 heavy (non-hydrogen) atoms. The number of benzene rings is 1. The summed E-state index contributed by atoms with van der Waals surface area (Å²) in [5.41, 5.74) is 1.56. The van der Waals surface area contributed by atoms with Gasteiger partial charge in [0.05, 0.1) is 6.42 Å². The first-order chi connectivity index (χ1) is 18.2. The highest BCUT2D eigenvalue weighted by molar-refractivity contribution is 7.92. The van der Waals surface area contributed by atoms with Crippen LogP contribution in [0.15, 0.2) is 34.5 Å². The van der Waals surface area contributed by atoms with Gasteiger partial charge in [0.15, 0.2) is 0 Å². The Bertz CT molecular complexity index is 1300. The lowest BCUT2D eigenvalue weighted by atomic mass is 10.00. The zero-order chi connectivity index (χ0) is 29.5. The zero-order valence-corrected chi connectivity index (χ0v) is 24.2. The van der Waals surface area contributed by atoms with Gasteiger partial charge in [-0.15, -0.1) is 11.3 Å². The summed E-state index contributed by atoms with van der Waals surface area (Å²) < 4.78 is 28.0. The van der Waals surface area contributed by atoms with E-state index in [4.69, 9.17) is 5.11 Å². The standard InChI is InChI=1S/C26H35N3O8S2/c1-15(2)12-19-13-20(25(38-19)39(36,37)28-26(35)27-5)18-8-6-17(7-9-18)14-29(21(30)10-11-22(31)32)23(16(3)4)24(33)34/h6-9,13,15-16,23H,10-12,14H2,1-5H3,(H,31,32)(H,33,34)(H2,27,28,35). The number of urea groups is 1. The van der Waals surface area contributed by atoms with Crippen LogP contribution in [0.4, 0.5) is 4.79 Å². The fourth-order valence-electron chi connectivity index (χ4n) is 4.01. The molecule has 13 heteroatoms. The summed E-state index contributed by atoms with van der Waals surface area (Å²) in [7, 11) is -2.85. The number of aliphatic carboxylic acids is 2. The Balaban J connectivity index is 2.46. The minimum Gasteiger partial charge on any atom is -0.481 e. The molecular weight excluding hydrogens is 546 g/mol. The van der Waals surface area contributed by atoms with Gasteiger partial charge < -0.3 is 20.4 Å². The molecule has 0 saturated carbocycles. The largest absolute Gasteiger partial charge is 0.481 e. The fraction of sp³-hybridized carbons (Fsp3) is 0.462. The number of thiophene rings is 1. The predicted octanol–water partition coefficient (Wildman–Crippen LogP) is 3.53. The summed E-state index contributed by atoms with van der Waals surface area (Å²) in [6, 6.07) is 6.41. The van der Waals surface area contributed by atoms with Crippen LogP contribution < -0.4 is 10.0 Å². The van der Waals surface area contributed by atoms with Crippen LogP contribution in [-0.2, 0) is 37.4 Å². The molecule has 0 aliphatic carbocycles. The van der Waals surface area contributed by atoms with Crippen LogP contribution in [0.3, 0.4) is 0 Å². The molecule has 4 N–H and O–H groups in total. The summed E-state index contributed by atoms with van der Waals surface area (Å²) in [5, 5.41) is 21.0. The quantitative estimate of drug-likeness (QED) is 0.278. The number of sulfonamides is 1. The number of amides is 3. The molecule has 0 aliphatic heterocycles. The van der Waals surface area contributed by atoms with E-state index in [0.29, 0.717) is 23.1 Å². The number of nitrogens with one attached hydrogen (secondary N) is 2. The summed E-state index contributed by atoms with van der Waals surface area (Å²) in [6.45, 7) is 7.28. The smallest absolute Gasteiger partial charge is 0.328 e. The van der Waals surface area contributed by atoms with Gasteiger partial charge in [0, 0.05) is 30.5 Å². The molecule has 1 heterocycles. The van der Waals surface area contributed by atoms with E-state index in [2.05, 4.69) is 5.32 Å². The molecule has 2 aromatic rings. The van der Waals surface area contributed by atoms with Crippen LogP contribution in [0, 0.1) is 11.8 Å². The third-order valence-electron chi connectivity index (χ3n) is 5.77. The highest BCUT2D eigenvalue weighted by atomic mass is 32.2. The molecule has 214 valence electrons. The average Bonchev–Trinajstić information content (AvgIpc) is 3.25. The number of hydrogen-bond acceptors (Lipinski definition) is 7. The van der Waals surface area contributed by atoms with Gasteiger partial charge in [-0.2, -0.15) is 0 Å². The van der Waals surface area contributed by atoms with E-state index in [1.54, 1.807) is 44.2 Å². The van der Waals surface area contributed by atoms with E-state index in [0.717, 1.165) is 16.2 Å². The van der Waals surface area contributed by atoms with Gasteiger partial charge in [-0.1, -0.05) is 52.0 Å². The maximum atomic E-state index is 13.0. The molecule has 0 spiro atoms. The van der Waals surface area contributed by atoms with E-state index in [-0.39, 0.29) is 23.1 Å². The van der Waals surface area contributed by atoms with Crippen molar-refractivity contribution in [2.75, 3.05) is 7.05 Å². The highest BCUT2D eigenvalue weighted by Crippen LogP contribution is 2.36. The van der Waals surface area contributed by atoms with Crippen LogP contribution in [0.25, 0.3) is 11.1 Å². The number of carbonyl (C=O) groups is 4. The Labute approximate surface area is 232 Å². The monoisotopic (exact) mass is 581 g/mol. The van der Waals surface area contributed by atoms with E-state index in [9.17, 15) is 32.7 Å². The third-order valence-corrected chi connectivity index (χ3v) is 8.79. The molecule has 0 radical (unpaired) electrons. The Morgan fingerprint density at radius 2 is 1.62 bits per heavy atom. The number of nitrogens with zero attached hydrogens (tertiary/aromatic N) is 1. The van der Waals surface area contributed by atoms with Gasteiger partial charge >= 0.3 is 18.0 Å². The predicted molar refractivity (Wildman–Crippen MR) is 147 cm³/mol. The number of rotatable bonds is 13. The first-order valence-corrected chi connectivity index (χ1v) is 14.7. The molecule has 1 unspecified atom stereocenters. The minimum atomic E-state index is -4.16. The summed E-state index contributed by atoms with van der Waals surface area (Å²) >= 11 is 1.08. The molecule has 1 aromatic carbocycles. The van der Waals surface area contributed by atoms with Gasteiger partial charge in [0.1, 0.15) is 10.3 Å². The lowest BCUT2D eigenvalue weighted by Gasteiger charge is -2.31. The molecule has 0 aliphatic rings. The van der Waals surface area contributed by atoms with Crippen LogP contribution in [0.2, 0.25) is 0 Å². The maximum absolute atomic E-state index is 13.0. The summed E-state index contributed by atoms with van der Waals surface area (Å²) in [5.74, 6) is -3.10. The van der Waals surface area contributed by atoms with E-state index in [1.165, 1.54) is 11.9 Å². The van der Waals surface area contributed by atoms with Crippen molar-refractivity contribution in [2.24, 2.45) is 11.8 Å². The Hall–Kier alpha value is -3.45. The lowest BCUT2D eigenvalue weighted by molar-refractivity contribution is -0.153. The second-order valence-electron chi connectivity index (χ2n) is 9.84. The van der Waals surface area contributed by atoms with Crippen LogP contribution in [0.1, 0.15) is 51.0 Å². The topological polar surface area (TPSA) is 170 Å². The second kappa shape index (κ2) is 13.6. The molecule has 1 atom stereocenters. The van der Waals surface area contributed by atoms with Crippen molar-refractivity contribution in [1.29, 1.82) is 0 Å². The van der Waals surface area contributed by atoms with E-state index >= 15 is 0 Å². The molecule has 3 amide bonds. The Morgan fingerprint density at radius 1 is 1.00 bits per heavy atom. The minimum absolute atomic E-state index is 0.00859. The van der Waals surface area contributed by atoms with Gasteiger partial charge in [-0.3, -0.25) is 9.59 Å². The first-order valence-electron chi connectivity index (χ1n) is 12.4. The molecule has 1 aromatic heterocycles. The number of carboxylic acid groups (broad SMARTS) is 2. The number of carboxylic acids is 2. The number of carbonyl (C=O) groups excluding carboxylic acids is 2. The summed E-state index contributed by atoms with van der Waals surface area (Å²) in [4.78, 5) is 49.5. The third kappa shape index (κ3) is 8.79. The number of hydrogen-bond donors (Lipinski definition) is 4. The molecule has 11 nitrogen and oxygen atoms in total. The van der Waals surface area contributed by atoms with Crippen LogP contribution >= 0.6 is 11.3 Å². The molecular formula is C26H35N3O8S2. The van der Waals surface area contributed by atoms with Crippen molar-refractivity contribution < 1.29 is 37.8 Å². The Kier molecular flexibility index (Phi) is 11.0. The van der Waals surface area contributed by atoms with Crippen molar-refractivity contribution in [3.63, 3.8) is 0 Å². The molecule has 2 rings (SSSR count). The van der Waals surface area contributed by atoms with Crippen LogP contribution in [0.5, 0.6) is 0 Å². The zero-order valence-electron chi connectivity index (χ0n) is 22.6. The second-order valence-corrected chi connectivity index (χ2v) is 12.9. The lowest BCUT2D eigenvalue weighted by Crippen LogP contribution is -2.47. The molecule has 0 bridgehead atoms. The SMILES string of the molecule is CNC(=O)NS(=O)(=O)c1sc(CC(C)C)cc1-c1ccc(CN(C(=O)CCC(=O)O)C(C(=O)O)C(C)C)cc1. The molecule has 0 fully saturated rings. The maximum Gasteiger partial charge on any atom is 0.328 e. The Morgan fingerprint density at radius 3 is 2.10 bits per heavy atom.